The molecule has 0 spiro atoms. The van der Waals surface area contributed by atoms with Crippen LogP contribution >= 0.6 is 0 Å². The summed E-state index contributed by atoms with van der Waals surface area (Å²) in [6.45, 7) is 7.60. The van der Waals surface area contributed by atoms with E-state index in [1.807, 2.05) is 27.7 Å². The van der Waals surface area contributed by atoms with Crippen molar-refractivity contribution in [3.05, 3.63) is 0 Å². The number of aliphatic carboxylic acids is 1. The second-order valence-electron chi connectivity index (χ2n) is 4.37. The minimum atomic E-state index is -0.957. The van der Waals surface area contributed by atoms with Gasteiger partial charge in [-0.05, 0) is 11.8 Å². The van der Waals surface area contributed by atoms with Crippen molar-refractivity contribution >= 4 is 11.9 Å². The molecule has 0 saturated heterocycles. The molecule has 0 aliphatic rings. The van der Waals surface area contributed by atoms with Crippen molar-refractivity contribution in [3.8, 4) is 0 Å². The van der Waals surface area contributed by atoms with E-state index in [9.17, 15) is 9.59 Å². The lowest BCUT2D eigenvalue weighted by Crippen LogP contribution is -2.45. The number of carbonyl (C=O) groups excluding carboxylic acids is 1. The summed E-state index contributed by atoms with van der Waals surface area (Å²) in [4.78, 5) is 22.3. The van der Waals surface area contributed by atoms with E-state index in [-0.39, 0.29) is 17.7 Å². The highest BCUT2D eigenvalue weighted by atomic mass is 16.4. The molecule has 0 radical (unpaired) electrons. The molecule has 2 atom stereocenters. The summed E-state index contributed by atoms with van der Waals surface area (Å²) in [6, 6.07) is -0.763. The topological polar surface area (TPSA) is 66.4 Å². The van der Waals surface area contributed by atoms with Gasteiger partial charge in [0.2, 0.25) is 5.91 Å². The Labute approximate surface area is 91.1 Å². The lowest BCUT2D eigenvalue weighted by Gasteiger charge is -2.20. The highest BCUT2D eigenvalue weighted by molar-refractivity contribution is 5.83. The first-order valence-corrected chi connectivity index (χ1v) is 5.40. The van der Waals surface area contributed by atoms with Crippen LogP contribution in [-0.2, 0) is 9.59 Å². The van der Waals surface area contributed by atoms with Gasteiger partial charge in [-0.3, -0.25) is 4.79 Å². The van der Waals surface area contributed by atoms with Crippen LogP contribution in [0.5, 0.6) is 0 Å². The van der Waals surface area contributed by atoms with Crippen LogP contribution in [0.15, 0.2) is 0 Å². The second-order valence-corrected chi connectivity index (χ2v) is 4.37. The molecule has 0 bridgehead atoms. The molecule has 2 unspecified atom stereocenters. The first kappa shape index (κ1) is 13.9. The number of rotatable bonds is 6. The van der Waals surface area contributed by atoms with Gasteiger partial charge in [-0.15, -0.1) is 0 Å². The molecular weight excluding hydrogens is 194 g/mol. The zero-order chi connectivity index (χ0) is 12.0. The fourth-order valence-electron chi connectivity index (χ4n) is 1.29. The summed E-state index contributed by atoms with van der Waals surface area (Å²) < 4.78 is 0. The summed E-state index contributed by atoms with van der Waals surface area (Å²) >= 11 is 0. The van der Waals surface area contributed by atoms with E-state index in [0.29, 0.717) is 6.42 Å². The summed E-state index contributed by atoms with van der Waals surface area (Å²) in [7, 11) is 0. The molecule has 0 fully saturated rings. The number of nitrogens with one attached hydrogen (secondary N) is 1. The Morgan fingerprint density at radius 2 is 1.80 bits per heavy atom. The molecule has 0 rings (SSSR count). The van der Waals surface area contributed by atoms with Crippen LogP contribution in [-0.4, -0.2) is 23.0 Å². The molecule has 0 aliphatic heterocycles. The summed E-state index contributed by atoms with van der Waals surface area (Å²) in [5, 5.41) is 11.5. The van der Waals surface area contributed by atoms with Crippen molar-refractivity contribution in [2.75, 3.05) is 0 Å². The van der Waals surface area contributed by atoms with Gasteiger partial charge >= 0.3 is 5.97 Å². The molecular formula is C11H21NO3. The van der Waals surface area contributed by atoms with Gasteiger partial charge in [-0.2, -0.15) is 0 Å². The minimum Gasteiger partial charge on any atom is -0.480 e. The van der Waals surface area contributed by atoms with Crippen molar-refractivity contribution in [1.82, 2.24) is 5.32 Å². The number of amides is 1. The third-order valence-electron chi connectivity index (χ3n) is 2.39. The fourth-order valence-corrected chi connectivity index (χ4v) is 1.29. The van der Waals surface area contributed by atoms with Crippen molar-refractivity contribution in [2.45, 2.75) is 46.6 Å². The third kappa shape index (κ3) is 5.40. The summed E-state index contributed by atoms with van der Waals surface area (Å²) in [6.07, 6.45) is 1.11. The SMILES string of the molecule is CCC(C)C(NC(=O)CC(C)C)C(=O)O. The molecule has 0 aromatic carbocycles. The summed E-state index contributed by atoms with van der Waals surface area (Å²) in [5.41, 5.74) is 0. The van der Waals surface area contributed by atoms with Crippen LogP contribution in [0.1, 0.15) is 40.5 Å². The van der Waals surface area contributed by atoms with Gasteiger partial charge in [0.05, 0.1) is 0 Å². The van der Waals surface area contributed by atoms with Crippen LogP contribution in [0, 0.1) is 11.8 Å². The summed E-state index contributed by atoms with van der Waals surface area (Å²) in [5.74, 6) is -0.936. The molecule has 4 heteroatoms. The molecule has 0 aliphatic carbocycles. The lowest BCUT2D eigenvalue weighted by molar-refractivity contribution is -0.143. The van der Waals surface area contributed by atoms with E-state index in [2.05, 4.69) is 5.32 Å². The maximum atomic E-state index is 11.4. The predicted molar refractivity (Wildman–Crippen MR) is 58.5 cm³/mol. The zero-order valence-electron chi connectivity index (χ0n) is 9.91. The standard InChI is InChI=1S/C11H21NO3/c1-5-8(4)10(11(14)15)12-9(13)6-7(2)3/h7-8,10H,5-6H2,1-4H3,(H,12,13)(H,14,15). The Hall–Kier alpha value is -1.06. The van der Waals surface area contributed by atoms with Crippen LogP contribution < -0.4 is 5.32 Å². The van der Waals surface area contributed by atoms with Gasteiger partial charge < -0.3 is 10.4 Å². The largest absolute Gasteiger partial charge is 0.480 e. The number of hydrogen-bond acceptors (Lipinski definition) is 2. The van der Waals surface area contributed by atoms with Gasteiger partial charge in [0.15, 0.2) is 0 Å². The van der Waals surface area contributed by atoms with E-state index in [1.54, 1.807) is 0 Å². The van der Waals surface area contributed by atoms with Crippen LogP contribution in [0.3, 0.4) is 0 Å². The van der Waals surface area contributed by atoms with Gasteiger partial charge in [0, 0.05) is 6.42 Å². The van der Waals surface area contributed by atoms with E-state index in [0.717, 1.165) is 6.42 Å². The molecule has 1 amide bonds. The van der Waals surface area contributed by atoms with E-state index < -0.39 is 12.0 Å². The van der Waals surface area contributed by atoms with Gasteiger partial charge in [0.1, 0.15) is 6.04 Å². The predicted octanol–water partition coefficient (Wildman–Crippen LogP) is 1.65. The Bertz CT molecular complexity index is 226. The maximum absolute atomic E-state index is 11.4. The van der Waals surface area contributed by atoms with Crippen LogP contribution in [0.25, 0.3) is 0 Å². The van der Waals surface area contributed by atoms with Crippen molar-refractivity contribution in [1.29, 1.82) is 0 Å². The molecule has 0 aromatic rings. The molecule has 88 valence electrons. The lowest BCUT2D eigenvalue weighted by atomic mass is 9.99. The molecule has 0 saturated carbocycles. The molecule has 0 aromatic heterocycles. The maximum Gasteiger partial charge on any atom is 0.326 e. The third-order valence-corrected chi connectivity index (χ3v) is 2.39. The number of hydrogen-bond donors (Lipinski definition) is 2. The van der Waals surface area contributed by atoms with Crippen LogP contribution in [0.4, 0.5) is 0 Å². The molecule has 15 heavy (non-hydrogen) atoms. The van der Waals surface area contributed by atoms with Crippen molar-refractivity contribution < 1.29 is 14.7 Å². The smallest absolute Gasteiger partial charge is 0.326 e. The second kappa shape index (κ2) is 6.43. The van der Waals surface area contributed by atoms with Crippen molar-refractivity contribution in [2.24, 2.45) is 11.8 Å². The molecule has 4 nitrogen and oxygen atoms in total. The Balaban J connectivity index is 4.29. The van der Waals surface area contributed by atoms with Crippen LogP contribution in [0.2, 0.25) is 0 Å². The van der Waals surface area contributed by atoms with Crippen molar-refractivity contribution in [3.63, 3.8) is 0 Å². The minimum absolute atomic E-state index is 0.0430. The van der Waals surface area contributed by atoms with Gasteiger partial charge in [0.25, 0.3) is 0 Å². The Morgan fingerprint density at radius 3 is 2.13 bits per heavy atom. The van der Waals surface area contributed by atoms with E-state index >= 15 is 0 Å². The van der Waals surface area contributed by atoms with E-state index in [4.69, 9.17) is 5.11 Å². The monoisotopic (exact) mass is 215 g/mol. The quantitative estimate of drug-likeness (QED) is 0.708. The van der Waals surface area contributed by atoms with Gasteiger partial charge in [-0.1, -0.05) is 34.1 Å². The molecule has 0 heterocycles. The average Bonchev–Trinajstić information content (AvgIpc) is 2.11. The Kier molecular flexibility index (Phi) is 5.97. The first-order valence-electron chi connectivity index (χ1n) is 5.40. The normalized spacial score (nSPS) is 14.7. The number of carboxylic acids is 1. The number of carbonyl (C=O) groups is 2. The fraction of sp³-hybridized carbons (Fsp3) is 0.818. The Morgan fingerprint density at radius 1 is 1.27 bits per heavy atom. The zero-order valence-corrected chi connectivity index (χ0v) is 9.91. The van der Waals surface area contributed by atoms with E-state index in [1.165, 1.54) is 0 Å². The highest BCUT2D eigenvalue weighted by Gasteiger charge is 2.25. The van der Waals surface area contributed by atoms with Gasteiger partial charge in [-0.25, -0.2) is 4.79 Å². The number of carboxylic acid groups (broad SMARTS) is 1. The highest BCUT2D eigenvalue weighted by Crippen LogP contribution is 2.09. The molecule has 2 N–H and O–H groups in total. The average molecular weight is 215 g/mol. The first-order chi connectivity index (χ1) is 6.88.